The van der Waals surface area contributed by atoms with Gasteiger partial charge in [-0.05, 0) is 35.9 Å². The number of nitrogens with one attached hydrogen (secondary N) is 1. The lowest BCUT2D eigenvalue weighted by Crippen LogP contribution is -2.26. The number of benzene rings is 2. The van der Waals surface area contributed by atoms with Crippen LogP contribution in [0.3, 0.4) is 0 Å². The minimum atomic E-state index is -0.639. The average Bonchev–Trinajstić information content (AvgIpc) is 3.10. The molecule has 7 heteroatoms. The third kappa shape index (κ3) is 5.01. The Balaban J connectivity index is 1.47. The summed E-state index contributed by atoms with van der Waals surface area (Å²) in [6, 6.07) is 14.1. The van der Waals surface area contributed by atoms with Crippen molar-refractivity contribution in [1.82, 2.24) is 5.32 Å². The molecule has 0 bridgehead atoms. The molecule has 0 aliphatic carbocycles. The Morgan fingerprint density at radius 1 is 1.26 bits per heavy atom. The summed E-state index contributed by atoms with van der Waals surface area (Å²) >= 11 is 5.92. The molecule has 3 rings (SSSR count). The van der Waals surface area contributed by atoms with Gasteiger partial charge in [0.05, 0.1) is 13.2 Å². The molecule has 0 spiro atoms. The van der Waals surface area contributed by atoms with E-state index in [0.29, 0.717) is 36.1 Å². The molecule has 0 unspecified atom stereocenters. The fourth-order valence-corrected chi connectivity index (χ4v) is 2.81. The molecule has 0 aliphatic heterocycles. The van der Waals surface area contributed by atoms with Crippen LogP contribution in [0.25, 0.3) is 11.0 Å². The quantitative estimate of drug-likeness (QED) is 0.453. The van der Waals surface area contributed by atoms with Crippen molar-refractivity contribution in [1.29, 1.82) is 0 Å². The monoisotopic (exact) mass is 389 g/mol. The maximum absolute atomic E-state index is 11.5. The second-order valence-corrected chi connectivity index (χ2v) is 6.36. The number of ether oxygens (including phenoxy) is 2. The summed E-state index contributed by atoms with van der Waals surface area (Å²) in [5.41, 5.74) is 1.32. The van der Waals surface area contributed by atoms with Gasteiger partial charge >= 0.3 is 5.97 Å². The SMILES string of the molecule is COC(=O)c1cc2ccc(OCCNC[C@H](O)c3cccc(Cl)c3)cc2o1. The average molecular weight is 390 g/mol. The van der Waals surface area contributed by atoms with E-state index < -0.39 is 12.1 Å². The number of carbonyl (C=O) groups excluding carboxylic acids is 1. The van der Waals surface area contributed by atoms with Crippen LogP contribution in [0.4, 0.5) is 0 Å². The first-order chi connectivity index (χ1) is 13.1. The zero-order valence-electron chi connectivity index (χ0n) is 14.8. The van der Waals surface area contributed by atoms with E-state index in [0.717, 1.165) is 10.9 Å². The molecular weight excluding hydrogens is 370 g/mol. The van der Waals surface area contributed by atoms with Crippen LogP contribution in [-0.2, 0) is 4.74 Å². The fourth-order valence-electron chi connectivity index (χ4n) is 2.61. The molecule has 0 saturated heterocycles. The maximum Gasteiger partial charge on any atom is 0.373 e. The number of hydrogen-bond acceptors (Lipinski definition) is 6. The second kappa shape index (κ2) is 8.90. The summed E-state index contributed by atoms with van der Waals surface area (Å²) in [5, 5.41) is 14.7. The van der Waals surface area contributed by atoms with Crippen LogP contribution in [0.15, 0.2) is 52.9 Å². The molecule has 2 aromatic carbocycles. The first-order valence-corrected chi connectivity index (χ1v) is 8.83. The van der Waals surface area contributed by atoms with Crippen molar-refractivity contribution < 1.29 is 23.8 Å². The van der Waals surface area contributed by atoms with Crippen LogP contribution in [0.2, 0.25) is 5.02 Å². The number of aliphatic hydroxyl groups excluding tert-OH is 1. The van der Waals surface area contributed by atoms with Crippen molar-refractivity contribution in [2.45, 2.75) is 6.10 Å². The molecule has 0 aliphatic rings. The van der Waals surface area contributed by atoms with Gasteiger partial charge in [-0.15, -0.1) is 0 Å². The highest BCUT2D eigenvalue weighted by Gasteiger charge is 2.13. The smallest absolute Gasteiger partial charge is 0.373 e. The number of methoxy groups -OCH3 is 1. The van der Waals surface area contributed by atoms with Crippen molar-refractivity contribution in [3.05, 3.63) is 64.9 Å². The van der Waals surface area contributed by atoms with E-state index in [4.69, 9.17) is 20.8 Å². The van der Waals surface area contributed by atoms with Gasteiger partial charge in [0, 0.05) is 29.6 Å². The highest BCUT2D eigenvalue weighted by Crippen LogP contribution is 2.24. The largest absolute Gasteiger partial charge is 0.492 e. The number of hydrogen-bond donors (Lipinski definition) is 2. The van der Waals surface area contributed by atoms with Gasteiger partial charge < -0.3 is 24.3 Å². The topological polar surface area (TPSA) is 80.9 Å². The van der Waals surface area contributed by atoms with Crippen LogP contribution in [0.5, 0.6) is 5.75 Å². The van der Waals surface area contributed by atoms with E-state index >= 15 is 0 Å². The Bertz CT molecular complexity index is 924. The summed E-state index contributed by atoms with van der Waals surface area (Å²) in [4.78, 5) is 11.5. The first-order valence-electron chi connectivity index (χ1n) is 8.46. The van der Waals surface area contributed by atoms with E-state index in [2.05, 4.69) is 10.1 Å². The fraction of sp³-hybridized carbons (Fsp3) is 0.250. The van der Waals surface area contributed by atoms with Crippen LogP contribution in [0, 0.1) is 0 Å². The molecule has 1 heterocycles. The van der Waals surface area contributed by atoms with Crippen LogP contribution in [-0.4, -0.2) is 37.9 Å². The molecule has 1 atom stereocenters. The second-order valence-electron chi connectivity index (χ2n) is 5.93. The normalized spacial score (nSPS) is 12.1. The van der Waals surface area contributed by atoms with Crippen LogP contribution >= 0.6 is 11.6 Å². The highest BCUT2D eigenvalue weighted by atomic mass is 35.5. The zero-order chi connectivity index (χ0) is 19.2. The van der Waals surface area contributed by atoms with E-state index in [1.807, 2.05) is 12.1 Å². The van der Waals surface area contributed by atoms with E-state index in [-0.39, 0.29) is 5.76 Å². The molecule has 0 amide bonds. The molecule has 0 saturated carbocycles. The van der Waals surface area contributed by atoms with Gasteiger partial charge in [-0.2, -0.15) is 0 Å². The number of furan rings is 1. The first kappa shape index (κ1) is 19.2. The Kier molecular flexibility index (Phi) is 6.34. The number of halogens is 1. The number of fused-ring (bicyclic) bond motifs is 1. The van der Waals surface area contributed by atoms with Crippen LogP contribution in [0.1, 0.15) is 22.2 Å². The minimum Gasteiger partial charge on any atom is -0.492 e. The molecule has 6 nitrogen and oxygen atoms in total. The van der Waals surface area contributed by atoms with Crippen LogP contribution < -0.4 is 10.1 Å². The van der Waals surface area contributed by atoms with E-state index in [9.17, 15) is 9.90 Å². The predicted octanol–water partition coefficient (Wildman–Crippen LogP) is 3.57. The third-order valence-corrected chi connectivity index (χ3v) is 4.23. The Morgan fingerprint density at radius 3 is 2.89 bits per heavy atom. The molecule has 142 valence electrons. The molecule has 1 aromatic heterocycles. The summed E-state index contributed by atoms with van der Waals surface area (Å²) in [6.45, 7) is 1.36. The Hall–Kier alpha value is -2.54. The molecule has 27 heavy (non-hydrogen) atoms. The van der Waals surface area contributed by atoms with Crippen molar-refractivity contribution in [3.8, 4) is 5.75 Å². The van der Waals surface area contributed by atoms with E-state index in [1.165, 1.54) is 7.11 Å². The number of rotatable bonds is 8. The van der Waals surface area contributed by atoms with Gasteiger partial charge in [-0.3, -0.25) is 0 Å². The minimum absolute atomic E-state index is 0.154. The van der Waals surface area contributed by atoms with Gasteiger partial charge in [0.2, 0.25) is 5.76 Å². The van der Waals surface area contributed by atoms with Gasteiger partial charge in [0.15, 0.2) is 0 Å². The van der Waals surface area contributed by atoms with Crippen molar-refractivity contribution >= 4 is 28.5 Å². The van der Waals surface area contributed by atoms with Gasteiger partial charge in [-0.1, -0.05) is 23.7 Å². The number of esters is 1. The van der Waals surface area contributed by atoms with Crippen molar-refractivity contribution in [2.24, 2.45) is 0 Å². The standard InChI is InChI=1S/C20H20ClNO5/c1-25-20(24)19-10-14-5-6-16(11-18(14)27-19)26-8-7-22-12-17(23)13-3-2-4-15(21)9-13/h2-6,9-11,17,22-23H,7-8,12H2,1H3/t17-/m0/s1. The Labute approximate surface area is 161 Å². The summed E-state index contributed by atoms with van der Waals surface area (Å²) in [6.07, 6.45) is -0.639. The Morgan fingerprint density at radius 2 is 2.11 bits per heavy atom. The highest BCUT2D eigenvalue weighted by molar-refractivity contribution is 6.30. The van der Waals surface area contributed by atoms with E-state index in [1.54, 1.807) is 36.4 Å². The van der Waals surface area contributed by atoms with Crippen molar-refractivity contribution in [2.75, 3.05) is 26.8 Å². The molecule has 0 fully saturated rings. The number of aliphatic hydroxyl groups is 1. The molecule has 3 aromatic rings. The molecule has 2 N–H and O–H groups in total. The molecule has 0 radical (unpaired) electrons. The summed E-state index contributed by atoms with van der Waals surface area (Å²) in [5.74, 6) is 0.267. The zero-order valence-corrected chi connectivity index (χ0v) is 15.5. The summed E-state index contributed by atoms with van der Waals surface area (Å²) < 4.78 is 15.8. The lowest BCUT2D eigenvalue weighted by Gasteiger charge is -2.13. The van der Waals surface area contributed by atoms with Gasteiger partial charge in [-0.25, -0.2) is 4.79 Å². The molecular formula is C20H20ClNO5. The summed E-state index contributed by atoms with van der Waals surface area (Å²) in [7, 11) is 1.31. The third-order valence-electron chi connectivity index (χ3n) is 4.00. The maximum atomic E-state index is 11.5. The predicted molar refractivity (Wildman–Crippen MR) is 102 cm³/mol. The van der Waals surface area contributed by atoms with Gasteiger partial charge in [0.1, 0.15) is 17.9 Å². The lowest BCUT2D eigenvalue weighted by atomic mass is 10.1. The van der Waals surface area contributed by atoms with Crippen molar-refractivity contribution in [3.63, 3.8) is 0 Å². The lowest BCUT2D eigenvalue weighted by molar-refractivity contribution is 0.0567. The van der Waals surface area contributed by atoms with Gasteiger partial charge in [0.25, 0.3) is 0 Å². The number of carbonyl (C=O) groups is 1.